The van der Waals surface area contributed by atoms with E-state index in [0.717, 1.165) is 23.2 Å². The minimum Gasteiger partial charge on any atom is -0.354 e. The van der Waals surface area contributed by atoms with Gasteiger partial charge in [0.15, 0.2) is 0 Å². The van der Waals surface area contributed by atoms with Crippen molar-refractivity contribution in [1.29, 1.82) is 0 Å². The van der Waals surface area contributed by atoms with Crippen molar-refractivity contribution < 1.29 is 0 Å². The van der Waals surface area contributed by atoms with Crippen LogP contribution in [0.2, 0.25) is 0 Å². The number of para-hydroxylation sites is 1. The third-order valence-electron chi connectivity index (χ3n) is 3.16. The van der Waals surface area contributed by atoms with Gasteiger partial charge in [0.1, 0.15) is 0 Å². The van der Waals surface area contributed by atoms with E-state index in [0.29, 0.717) is 6.54 Å². The number of pyridine rings is 1. The molecule has 0 saturated carbocycles. The number of H-pyrrole nitrogens is 1. The van der Waals surface area contributed by atoms with E-state index in [1.807, 2.05) is 18.3 Å². The SMILES string of the molecule is NCCc1c(-c2cccnc2)[nH]c2ccccc12. The third kappa shape index (κ3) is 1.79. The topological polar surface area (TPSA) is 54.7 Å². The molecule has 0 atom stereocenters. The average molecular weight is 237 g/mol. The van der Waals surface area contributed by atoms with E-state index in [-0.39, 0.29) is 0 Å². The lowest BCUT2D eigenvalue weighted by atomic mass is 10.0. The number of rotatable bonds is 3. The lowest BCUT2D eigenvalue weighted by molar-refractivity contribution is 0.978. The lowest BCUT2D eigenvalue weighted by Gasteiger charge is -2.03. The van der Waals surface area contributed by atoms with Crippen molar-refractivity contribution in [2.45, 2.75) is 6.42 Å². The summed E-state index contributed by atoms with van der Waals surface area (Å²) in [5.74, 6) is 0. The second-order valence-electron chi connectivity index (χ2n) is 4.30. The van der Waals surface area contributed by atoms with Gasteiger partial charge in [-0.2, -0.15) is 0 Å². The Labute approximate surface area is 106 Å². The average Bonchev–Trinajstić information content (AvgIpc) is 2.80. The van der Waals surface area contributed by atoms with E-state index in [4.69, 9.17) is 5.73 Å². The molecule has 2 heterocycles. The van der Waals surface area contributed by atoms with Crippen LogP contribution in [0.5, 0.6) is 0 Å². The van der Waals surface area contributed by atoms with Crippen LogP contribution in [0, 0.1) is 0 Å². The maximum absolute atomic E-state index is 5.73. The van der Waals surface area contributed by atoms with Crippen molar-refractivity contribution in [2.75, 3.05) is 6.54 Å². The molecule has 0 aliphatic carbocycles. The fourth-order valence-electron chi connectivity index (χ4n) is 2.36. The Morgan fingerprint density at radius 1 is 1.11 bits per heavy atom. The monoisotopic (exact) mass is 237 g/mol. The van der Waals surface area contributed by atoms with Crippen LogP contribution in [0.1, 0.15) is 5.56 Å². The van der Waals surface area contributed by atoms with Crippen molar-refractivity contribution in [3.63, 3.8) is 0 Å². The molecule has 0 bridgehead atoms. The first kappa shape index (κ1) is 11.0. The van der Waals surface area contributed by atoms with Gasteiger partial charge >= 0.3 is 0 Å². The first-order valence-electron chi connectivity index (χ1n) is 6.10. The van der Waals surface area contributed by atoms with Gasteiger partial charge in [-0.25, -0.2) is 0 Å². The summed E-state index contributed by atoms with van der Waals surface area (Å²) in [5.41, 5.74) is 10.4. The van der Waals surface area contributed by atoms with Gasteiger partial charge in [0, 0.05) is 28.9 Å². The van der Waals surface area contributed by atoms with E-state index in [1.54, 1.807) is 6.20 Å². The quantitative estimate of drug-likeness (QED) is 0.736. The highest BCUT2D eigenvalue weighted by molar-refractivity contribution is 5.90. The summed E-state index contributed by atoms with van der Waals surface area (Å²) in [6, 6.07) is 12.3. The highest BCUT2D eigenvalue weighted by Gasteiger charge is 2.11. The molecular weight excluding hydrogens is 222 g/mol. The Bertz CT molecular complexity index is 656. The number of nitrogens with zero attached hydrogens (tertiary/aromatic N) is 1. The minimum atomic E-state index is 0.648. The van der Waals surface area contributed by atoms with Crippen LogP contribution in [0.15, 0.2) is 48.8 Å². The number of fused-ring (bicyclic) bond motifs is 1. The fraction of sp³-hybridized carbons (Fsp3) is 0.133. The molecule has 0 saturated heterocycles. The molecule has 2 aromatic heterocycles. The molecule has 0 aliphatic rings. The van der Waals surface area contributed by atoms with Crippen molar-refractivity contribution in [2.24, 2.45) is 5.73 Å². The summed E-state index contributed by atoms with van der Waals surface area (Å²) in [4.78, 5) is 7.65. The molecule has 3 rings (SSSR count). The number of benzene rings is 1. The van der Waals surface area contributed by atoms with Gasteiger partial charge in [-0.05, 0) is 36.7 Å². The summed E-state index contributed by atoms with van der Waals surface area (Å²) >= 11 is 0. The van der Waals surface area contributed by atoms with Crippen molar-refractivity contribution in [1.82, 2.24) is 9.97 Å². The summed E-state index contributed by atoms with van der Waals surface area (Å²) in [6.07, 6.45) is 4.54. The maximum Gasteiger partial charge on any atom is 0.0513 e. The highest BCUT2D eigenvalue weighted by Crippen LogP contribution is 2.29. The van der Waals surface area contributed by atoms with Crippen LogP contribution >= 0.6 is 0 Å². The Morgan fingerprint density at radius 3 is 2.78 bits per heavy atom. The zero-order chi connectivity index (χ0) is 12.4. The van der Waals surface area contributed by atoms with E-state index in [2.05, 4.69) is 34.2 Å². The Kier molecular flexibility index (Phi) is 2.82. The van der Waals surface area contributed by atoms with Crippen LogP contribution < -0.4 is 5.73 Å². The van der Waals surface area contributed by atoms with Gasteiger partial charge in [-0.15, -0.1) is 0 Å². The first-order chi connectivity index (χ1) is 8.90. The molecule has 1 aromatic carbocycles. The van der Waals surface area contributed by atoms with Gasteiger partial charge in [0.05, 0.1) is 5.69 Å². The van der Waals surface area contributed by atoms with Crippen LogP contribution in [0.25, 0.3) is 22.2 Å². The molecule has 0 aliphatic heterocycles. The molecule has 3 N–H and O–H groups in total. The second kappa shape index (κ2) is 4.63. The Balaban J connectivity index is 2.25. The second-order valence-corrected chi connectivity index (χ2v) is 4.30. The predicted octanol–water partition coefficient (Wildman–Crippen LogP) is 2.73. The molecule has 0 spiro atoms. The van der Waals surface area contributed by atoms with E-state index < -0.39 is 0 Å². The van der Waals surface area contributed by atoms with E-state index in [1.165, 1.54) is 10.9 Å². The normalized spacial score (nSPS) is 10.9. The molecule has 3 heteroatoms. The number of aromatic amines is 1. The minimum absolute atomic E-state index is 0.648. The van der Waals surface area contributed by atoms with Gasteiger partial charge in [-0.3, -0.25) is 4.98 Å². The van der Waals surface area contributed by atoms with Crippen LogP contribution in [-0.2, 0) is 6.42 Å². The van der Waals surface area contributed by atoms with Crippen LogP contribution in [0.3, 0.4) is 0 Å². The zero-order valence-electron chi connectivity index (χ0n) is 10.1. The number of hydrogen-bond donors (Lipinski definition) is 2. The molecule has 0 fully saturated rings. The van der Waals surface area contributed by atoms with Gasteiger partial charge in [0.2, 0.25) is 0 Å². The fourth-order valence-corrected chi connectivity index (χ4v) is 2.36. The molecule has 90 valence electrons. The zero-order valence-corrected chi connectivity index (χ0v) is 10.1. The summed E-state index contributed by atoms with van der Waals surface area (Å²) in [5, 5.41) is 1.25. The molecule has 0 amide bonds. The molecule has 0 unspecified atom stereocenters. The summed E-state index contributed by atoms with van der Waals surface area (Å²) in [6.45, 7) is 0.648. The number of nitrogens with two attached hydrogens (primary N) is 1. The van der Waals surface area contributed by atoms with Gasteiger partial charge in [-0.1, -0.05) is 18.2 Å². The van der Waals surface area contributed by atoms with Crippen LogP contribution in [0.4, 0.5) is 0 Å². The maximum atomic E-state index is 5.73. The third-order valence-corrected chi connectivity index (χ3v) is 3.16. The number of nitrogens with one attached hydrogen (secondary N) is 1. The Hall–Kier alpha value is -2.13. The molecule has 3 nitrogen and oxygen atoms in total. The largest absolute Gasteiger partial charge is 0.354 e. The van der Waals surface area contributed by atoms with Gasteiger partial charge in [0.25, 0.3) is 0 Å². The number of aromatic nitrogens is 2. The summed E-state index contributed by atoms with van der Waals surface area (Å²) < 4.78 is 0. The van der Waals surface area contributed by atoms with Crippen molar-refractivity contribution in [3.8, 4) is 11.3 Å². The molecule has 18 heavy (non-hydrogen) atoms. The van der Waals surface area contributed by atoms with Gasteiger partial charge < -0.3 is 10.7 Å². The molecule has 0 radical (unpaired) electrons. The Morgan fingerprint density at radius 2 is 2.00 bits per heavy atom. The molecular formula is C15H15N3. The van der Waals surface area contributed by atoms with E-state index >= 15 is 0 Å². The van der Waals surface area contributed by atoms with Crippen LogP contribution in [-0.4, -0.2) is 16.5 Å². The standard InChI is InChI=1S/C15H15N3/c16-8-7-13-12-5-1-2-6-14(12)18-15(13)11-4-3-9-17-10-11/h1-6,9-10,18H,7-8,16H2. The summed E-state index contributed by atoms with van der Waals surface area (Å²) in [7, 11) is 0. The number of hydrogen-bond acceptors (Lipinski definition) is 2. The smallest absolute Gasteiger partial charge is 0.0513 e. The van der Waals surface area contributed by atoms with Crippen molar-refractivity contribution >= 4 is 10.9 Å². The predicted molar refractivity (Wildman–Crippen MR) is 74.3 cm³/mol. The lowest BCUT2D eigenvalue weighted by Crippen LogP contribution is -2.03. The molecule has 3 aromatic rings. The first-order valence-corrected chi connectivity index (χ1v) is 6.10. The van der Waals surface area contributed by atoms with E-state index in [9.17, 15) is 0 Å². The highest BCUT2D eigenvalue weighted by atomic mass is 14.7. The van der Waals surface area contributed by atoms with Crippen molar-refractivity contribution in [3.05, 3.63) is 54.4 Å².